The number of rotatable bonds is 3. The van der Waals surface area contributed by atoms with Crippen molar-refractivity contribution in [1.82, 2.24) is 15.0 Å². The highest BCUT2D eigenvalue weighted by atomic mass is 16.3. The van der Waals surface area contributed by atoms with E-state index in [4.69, 9.17) is 23.8 Å². The maximum atomic E-state index is 6.31. The van der Waals surface area contributed by atoms with E-state index in [0.717, 1.165) is 49.4 Å². The van der Waals surface area contributed by atoms with E-state index in [9.17, 15) is 0 Å². The third-order valence-electron chi connectivity index (χ3n) is 9.73. The van der Waals surface area contributed by atoms with Gasteiger partial charge >= 0.3 is 0 Å². The minimum absolute atomic E-state index is 0.142. The minimum Gasteiger partial charge on any atom is -0.456 e. The summed E-state index contributed by atoms with van der Waals surface area (Å²) in [6, 6.07) is 43.9. The number of benzene rings is 6. The van der Waals surface area contributed by atoms with Crippen LogP contribution in [-0.4, -0.2) is 15.0 Å². The van der Waals surface area contributed by atoms with Gasteiger partial charge in [-0.15, -0.1) is 0 Å². The first-order chi connectivity index (χ1) is 23.0. The Labute approximate surface area is 270 Å². The van der Waals surface area contributed by atoms with Gasteiger partial charge < -0.3 is 8.83 Å². The summed E-state index contributed by atoms with van der Waals surface area (Å²) < 4.78 is 12.6. The molecule has 3 heterocycles. The van der Waals surface area contributed by atoms with Crippen LogP contribution in [0, 0.1) is 0 Å². The lowest BCUT2D eigenvalue weighted by Crippen LogP contribution is -2.14. The van der Waals surface area contributed by atoms with Crippen LogP contribution in [0.15, 0.2) is 136 Å². The summed E-state index contributed by atoms with van der Waals surface area (Å²) in [5, 5.41) is 5.40. The summed E-state index contributed by atoms with van der Waals surface area (Å²) in [4.78, 5) is 15.3. The average molecular weight is 606 g/mol. The Morgan fingerprint density at radius 2 is 1.15 bits per heavy atom. The molecule has 0 amide bonds. The second-order valence-corrected chi connectivity index (χ2v) is 12.9. The van der Waals surface area contributed by atoms with Crippen LogP contribution in [0.1, 0.15) is 25.0 Å². The van der Waals surface area contributed by atoms with Gasteiger partial charge in [0.1, 0.15) is 16.7 Å². The maximum absolute atomic E-state index is 6.31. The molecule has 0 aliphatic heterocycles. The SMILES string of the molecule is CC1(C)c2ccccc2-c2c(-c3nc(-c4ccc5oc6cc7ccccc7cc6c5c4)nc(-c4cc5ccccc5o4)n3)cccc21. The second-order valence-electron chi connectivity index (χ2n) is 12.9. The summed E-state index contributed by atoms with van der Waals surface area (Å²) >= 11 is 0. The van der Waals surface area contributed by atoms with E-state index in [-0.39, 0.29) is 5.41 Å². The van der Waals surface area contributed by atoms with Crippen LogP contribution in [0.4, 0.5) is 0 Å². The van der Waals surface area contributed by atoms with Gasteiger partial charge in [0.15, 0.2) is 23.2 Å². The zero-order chi connectivity index (χ0) is 31.3. The molecule has 0 N–H and O–H groups in total. The molecule has 1 aliphatic carbocycles. The quantitative estimate of drug-likeness (QED) is 0.200. The summed E-state index contributed by atoms with van der Waals surface area (Å²) in [5.74, 6) is 2.28. The standard InChI is InChI=1S/C42H27N3O2/c1-42(2)32-15-7-6-13-28(32)38-29(14-9-16-33(38)42)40-43-39(44-41(45-40)37-23-26-12-5-8-17-34(26)46-37)27-18-19-35-30(21-27)31-20-24-10-3-4-11-25(24)22-36(31)47-35/h3-23H,1-2H3. The number of hydrogen-bond donors (Lipinski definition) is 0. The molecular formula is C42H27N3O2. The summed E-state index contributed by atoms with van der Waals surface area (Å²) in [6.07, 6.45) is 0. The second kappa shape index (κ2) is 9.47. The van der Waals surface area contributed by atoms with Crippen molar-refractivity contribution in [3.63, 3.8) is 0 Å². The van der Waals surface area contributed by atoms with E-state index in [2.05, 4.69) is 98.8 Å². The monoisotopic (exact) mass is 605 g/mol. The maximum Gasteiger partial charge on any atom is 0.199 e. The van der Waals surface area contributed by atoms with Crippen molar-refractivity contribution in [2.75, 3.05) is 0 Å². The van der Waals surface area contributed by atoms with Crippen LogP contribution in [0.2, 0.25) is 0 Å². The van der Waals surface area contributed by atoms with Gasteiger partial charge in [0.2, 0.25) is 0 Å². The molecule has 0 saturated carbocycles. The van der Waals surface area contributed by atoms with Crippen molar-refractivity contribution in [1.29, 1.82) is 0 Å². The normalized spacial score (nSPS) is 13.5. The van der Waals surface area contributed by atoms with Gasteiger partial charge in [0, 0.05) is 32.7 Å². The molecule has 6 aromatic carbocycles. The molecule has 5 heteroatoms. The highest BCUT2D eigenvalue weighted by Gasteiger charge is 2.37. The molecule has 9 aromatic rings. The van der Waals surface area contributed by atoms with Crippen molar-refractivity contribution in [2.24, 2.45) is 0 Å². The predicted molar refractivity (Wildman–Crippen MR) is 188 cm³/mol. The highest BCUT2D eigenvalue weighted by molar-refractivity contribution is 6.11. The number of para-hydroxylation sites is 1. The zero-order valence-electron chi connectivity index (χ0n) is 25.8. The van der Waals surface area contributed by atoms with Gasteiger partial charge in [-0.05, 0) is 75.5 Å². The Balaban J connectivity index is 1.22. The topological polar surface area (TPSA) is 65.0 Å². The summed E-state index contributed by atoms with van der Waals surface area (Å²) in [6.45, 7) is 4.57. The average Bonchev–Trinajstić information content (AvgIpc) is 3.77. The van der Waals surface area contributed by atoms with Crippen molar-refractivity contribution in [3.8, 4) is 45.5 Å². The largest absolute Gasteiger partial charge is 0.456 e. The van der Waals surface area contributed by atoms with Crippen LogP contribution in [0.25, 0.3) is 89.2 Å². The summed E-state index contributed by atoms with van der Waals surface area (Å²) in [5.41, 5.74) is 9.14. The lowest BCUT2D eigenvalue weighted by Gasteiger charge is -2.21. The lowest BCUT2D eigenvalue weighted by molar-refractivity contribution is 0.625. The van der Waals surface area contributed by atoms with Gasteiger partial charge in [-0.1, -0.05) is 98.8 Å². The Morgan fingerprint density at radius 1 is 0.468 bits per heavy atom. The predicted octanol–water partition coefficient (Wildman–Crippen LogP) is 11.0. The van der Waals surface area contributed by atoms with Crippen LogP contribution in [0.5, 0.6) is 0 Å². The van der Waals surface area contributed by atoms with Crippen molar-refractivity contribution >= 4 is 43.7 Å². The van der Waals surface area contributed by atoms with Crippen LogP contribution in [-0.2, 0) is 5.41 Å². The minimum atomic E-state index is -0.142. The van der Waals surface area contributed by atoms with Crippen molar-refractivity contribution in [3.05, 3.63) is 139 Å². The molecule has 222 valence electrons. The third-order valence-corrected chi connectivity index (χ3v) is 9.73. The molecule has 10 rings (SSSR count). The molecule has 0 saturated heterocycles. The number of furan rings is 2. The first-order valence-electron chi connectivity index (χ1n) is 15.9. The third kappa shape index (κ3) is 3.86. The number of fused-ring (bicyclic) bond motifs is 8. The molecule has 0 spiro atoms. The Hall–Kier alpha value is -6.07. The van der Waals surface area contributed by atoms with E-state index in [0.29, 0.717) is 23.2 Å². The van der Waals surface area contributed by atoms with E-state index in [1.165, 1.54) is 27.6 Å². The molecule has 0 atom stereocenters. The Morgan fingerprint density at radius 3 is 2.02 bits per heavy atom. The van der Waals surface area contributed by atoms with E-state index < -0.39 is 0 Å². The fourth-order valence-electron chi connectivity index (χ4n) is 7.37. The number of nitrogens with zero attached hydrogens (tertiary/aromatic N) is 3. The fourth-order valence-corrected chi connectivity index (χ4v) is 7.37. The van der Waals surface area contributed by atoms with Crippen LogP contribution in [0.3, 0.4) is 0 Å². The molecular weight excluding hydrogens is 578 g/mol. The zero-order valence-corrected chi connectivity index (χ0v) is 25.8. The Kier molecular flexibility index (Phi) is 5.28. The molecule has 47 heavy (non-hydrogen) atoms. The van der Waals surface area contributed by atoms with Gasteiger partial charge in [-0.25, -0.2) is 15.0 Å². The van der Waals surface area contributed by atoms with Gasteiger partial charge in [-0.3, -0.25) is 0 Å². The Bertz CT molecular complexity index is 2700. The molecule has 0 unspecified atom stereocenters. The van der Waals surface area contributed by atoms with Crippen LogP contribution >= 0.6 is 0 Å². The van der Waals surface area contributed by atoms with E-state index in [1.54, 1.807) is 0 Å². The van der Waals surface area contributed by atoms with Gasteiger partial charge in [0.25, 0.3) is 0 Å². The van der Waals surface area contributed by atoms with E-state index >= 15 is 0 Å². The molecule has 0 bridgehead atoms. The van der Waals surface area contributed by atoms with Crippen molar-refractivity contribution in [2.45, 2.75) is 19.3 Å². The molecule has 5 nitrogen and oxygen atoms in total. The smallest absolute Gasteiger partial charge is 0.199 e. The molecule has 0 radical (unpaired) electrons. The highest BCUT2D eigenvalue weighted by Crippen LogP contribution is 2.51. The molecule has 3 aromatic heterocycles. The first-order valence-corrected chi connectivity index (χ1v) is 15.9. The number of aromatic nitrogens is 3. The first kappa shape index (κ1) is 26.2. The fraction of sp³-hybridized carbons (Fsp3) is 0.0714. The van der Waals surface area contributed by atoms with Crippen molar-refractivity contribution < 1.29 is 8.83 Å². The molecule has 1 aliphatic rings. The molecule has 0 fully saturated rings. The lowest BCUT2D eigenvalue weighted by atomic mass is 9.82. The number of hydrogen-bond acceptors (Lipinski definition) is 5. The van der Waals surface area contributed by atoms with Gasteiger partial charge in [-0.2, -0.15) is 0 Å². The van der Waals surface area contributed by atoms with Crippen LogP contribution < -0.4 is 0 Å². The van der Waals surface area contributed by atoms with Gasteiger partial charge in [0.05, 0.1) is 0 Å². The van der Waals surface area contributed by atoms with E-state index in [1.807, 2.05) is 42.5 Å². The summed E-state index contributed by atoms with van der Waals surface area (Å²) in [7, 11) is 0.